The van der Waals surface area contributed by atoms with Crippen LogP contribution in [0.1, 0.15) is 37.7 Å². The van der Waals surface area contributed by atoms with Gasteiger partial charge in [-0.2, -0.15) is 13.2 Å². The van der Waals surface area contributed by atoms with Crippen LogP contribution in [0.2, 0.25) is 0 Å². The molecule has 5 rings (SSSR count). The van der Waals surface area contributed by atoms with Crippen molar-refractivity contribution in [3.05, 3.63) is 64.2 Å². The van der Waals surface area contributed by atoms with Gasteiger partial charge < -0.3 is 19.9 Å². The van der Waals surface area contributed by atoms with Gasteiger partial charge in [-0.1, -0.05) is 18.2 Å². The molecule has 1 aliphatic carbocycles. The number of amides is 1. The highest BCUT2D eigenvalue weighted by molar-refractivity contribution is 5.79. The first-order chi connectivity index (χ1) is 17.7. The number of fused-ring (bicyclic) bond motifs is 2. The van der Waals surface area contributed by atoms with E-state index in [1.807, 2.05) is 23.1 Å². The van der Waals surface area contributed by atoms with Gasteiger partial charge in [-0.05, 0) is 56.4 Å². The third kappa shape index (κ3) is 5.51. The lowest BCUT2D eigenvalue weighted by atomic mass is 9.92. The number of anilines is 2. The van der Waals surface area contributed by atoms with E-state index >= 15 is 0 Å². The predicted molar refractivity (Wildman–Crippen MR) is 131 cm³/mol. The van der Waals surface area contributed by atoms with Crippen molar-refractivity contribution in [2.45, 2.75) is 62.5 Å². The number of nitrogens with zero attached hydrogens (tertiary/aromatic N) is 3. The number of ether oxygens (including phenoxy) is 1. The maximum Gasteiger partial charge on any atom is 0.423 e. The van der Waals surface area contributed by atoms with Crippen LogP contribution in [0, 0.1) is 10.1 Å². The fraction of sp³-hybridized carbons (Fsp3) is 0.500. The van der Waals surface area contributed by atoms with E-state index in [0.29, 0.717) is 38.3 Å². The molecule has 1 saturated carbocycles. The van der Waals surface area contributed by atoms with Gasteiger partial charge in [0.2, 0.25) is 5.91 Å². The van der Waals surface area contributed by atoms with Crippen LogP contribution >= 0.6 is 0 Å². The monoisotopic (exact) mass is 518 g/mol. The molecule has 2 unspecified atom stereocenters. The Balaban J connectivity index is 1.07. The van der Waals surface area contributed by atoms with Gasteiger partial charge in [-0.15, -0.1) is 0 Å². The number of likely N-dealkylation sites (tertiary alicyclic amines) is 1. The third-order valence-corrected chi connectivity index (χ3v) is 7.63. The average molecular weight is 519 g/mol. The first-order valence-electron chi connectivity index (χ1n) is 12.5. The highest BCUT2D eigenvalue weighted by Gasteiger charge is 2.45. The number of benzene rings is 2. The number of hydrogen-bond donors (Lipinski definition) is 1. The first-order valence-corrected chi connectivity index (χ1v) is 12.5. The van der Waals surface area contributed by atoms with Gasteiger partial charge in [0.1, 0.15) is 12.2 Å². The van der Waals surface area contributed by atoms with Crippen LogP contribution < -0.4 is 10.2 Å². The number of halogens is 3. The third-order valence-electron chi connectivity index (χ3n) is 7.63. The zero-order valence-electron chi connectivity index (χ0n) is 20.2. The Morgan fingerprint density at radius 2 is 1.78 bits per heavy atom. The second-order valence-corrected chi connectivity index (χ2v) is 9.99. The maximum absolute atomic E-state index is 13.2. The molecule has 3 aliphatic rings. The van der Waals surface area contributed by atoms with Crippen LogP contribution in [0.5, 0.6) is 0 Å². The number of rotatable bonds is 7. The van der Waals surface area contributed by atoms with E-state index in [4.69, 9.17) is 4.74 Å². The molecule has 8 nitrogen and oxygen atoms in total. The van der Waals surface area contributed by atoms with Crippen molar-refractivity contribution in [2.24, 2.45) is 0 Å². The Hall–Kier alpha value is -3.34. The molecule has 1 amide bonds. The molecule has 3 fully saturated rings. The summed E-state index contributed by atoms with van der Waals surface area (Å²) in [6, 6.07) is 13.7. The molecular weight excluding hydrogens is 489 g/mol. The number of hydrogen-bond acceptors (Lipinski definition) is 6. The molecule has 2 bridgehead atoms. The van der Waals surface area contributed by atoms with Gasteiger partial charge in [0, 0.05) is 42.6 Å². The number of alkyl halides is 3. The van der Waals surface area contributed by atoms with E-state index in [-0.39, 0.29) is 36.4 Å². The summed E-state index contributed by atoms with van der Waals surface area (Å²) in [4.78, 5) is 27.1. The summed E-state index contributed by atoms with van der Waals surface area (Å²) in [6.45, 7) is 1.57. The molecule has 2 saturated heterocycles. The molecule has 2 atom stereocenters. The summed E-state index contributed by atoms with van der Waals surface area (Å²) in [5.41, 5.74) is -0.836. The lowest BCUT2D eigenvalue weighted by Gasteiger charge is -2.36. The van der Waals surface area contributed by atoms with E-state index in [1.54, 1.807) is 0 Å². The standard InChI is InChI=1S/C26H29F3N4O4/c27-26(28,29)23-12-18(8-11-24(23)33(35)36)30-17-6-9-22(10-7-17)37-16-25(34)32-15-20-13-21(32)14-31(20)19-4-2-1-3-5-19/h1-5,8,11-12,17,20-22,30H,6-7,9-10,13-16H2. The summed E-state index contributed by atoms with van der Waals surface area (Å²) in [7, 11) is 0. The lowest BCUT2D eigenvalue weighted by Crippen LogP contribution is -2.50. The van der Waals surface area contributed by atoms with Crippen LogP contribution in [0.4, 0.5) is 30.2 Å². The number of carbonyl (C=O) groups excluding carboxylic acids is 1. The van der Waals surface area contributed by atoms with Gasteiger partial charge in [0.15, 0.2) is 0 Å². The fourth-order valence-corrected chi connectivity index (χ4v) is 5.80. The molecule has 37 heavy (non-hydrogen) atoms. The van der Waals surface area contributed by atoms with Gasteiger partial charge >= 0.3 is 6.18 Å². The second-order valence-electron chi connectivity index (χ2n) is 9.99. The average Bonchev–Trinajstić information content (AvgIpc) is 3.49. The Morgan fingerprint density at radius 3 is 2.41 bits per heavy atom. The molecule has 198 valence electrons. The predicted octanol–water partition coefficient (Wildman–Crippen LogP) is 4.84. The zero-order chi connectivity index (χ0) is 26.2. The molecule has 2 aromatic carbocycles. The van der Waals surface area contributed by atoms with E-state index in [2.05, 4.69) is 22.3 Å². The number of para-hydroxylation sites is 1. The highest BCUT2D eigenvalue weighted by atomic mass is 19.4. The minimum absolute atomic E-state index is 0.00557. The van der Waals surface area contributed by atoms with E-state index in [1.165, 1.54) is 11.8 Å². The van der Waals surface area contributed by atoms with Crippen molar-refractivity contribution < 1.29 is 27.6 Å². The first kappa shape index (κ1) is 25.3. The number of nitro benzene ring substituents is 1. The Labute approximate surface area is 212 Å². The van der Waals surface area contributed by atoms with Crippen LogP contribution in [0.25, 0.3) is 0 Å². The minimum Gasteiger partial charge on any atom is -0.382 e. The van der Waals surface area contributed by atoms with Crippen LogP contribution in [-0.2, 0) is 15.7 Å². The second kappa shape index (κ2) is 10.2. The quantitative estimate of drug-likeness (QED) is 0.417. The molecule has 0 aromatic heterocycles. The Morgan fingerprint density at radius 1 is 1.05 bits per heavy atom. The van der Waals surface area contributed by atoms with Crippen LogP contribution in [0.15, 0.2) is 48.5 Å². The molecule has 2 aliphatic heterocycles. The van der Waals surface area contributed by atoms with Crippen molar-refractivity contribution in [1.82, 2.24) is 4.90 Å². The van der Waals surface area contributed by atoms with Crippen molar-refractivity contribution >= 4 is 23.0 Å². The smallest absolute Gasteiger partial charge is 0.382 e. The summed E-state index contributed by atoms with van der Waals surface area (Å²) in [5, 5.41) is 14.0. The van der Waals surface area contributed by atoms with E-state index in [0.717, 1.165) is 25.1 Å². The number of piperazine rings is 1. The Bertz CT molecular complexity index is 1140. The molecular formula is C26H29F3N4O4. The van der Waals surface area contributed by atoms with Crippen molar-refractivity contribution in [3.8, 4) is 0 Å². The number of carbonyl (C=O) groups is 1. The normalized spacial score (nSPS) is 25.4. The van der Waals surface area contributed by atoms with Gasteiger partial charge in [0.05, 0.1) is 17.1 Å². The molecule has 2 heterocycles. The van der Waals surface area contributed by atoms with Gasteiger partial charge in [0.25, 0.3) is 5.69 Å². The maximum atomic E-state index is 13.2. The highest BCUT2D eigenvalue weighted by Crippen LogP contribution is 2.38. The summed E-state index contributed by atoms with van der Waals surface area (Å²) in [5.74, 6) is 0.00557. The fourth-order valence-electron chi connectivity index (χ4n) is 5.80. The van der Waals surface area contributed by atoms with Crippen LogP contribution in [-0.4, -0.2) is 59.7 Å². The van der Waals surface area contributed by atoms with Crippen molar-refractivity contribution in [1.29, 1.82) is 0 Å². The van der Waals surface area contributed by atoms with E-state index < -0.39 is 22.4 Å². The minimum atomic E-state index is -4.81. The molecule has 11 heteroatoms. The summed E-state index contributed by atoms with van der Waals surface area (Å²) in [6.07, 6.45) is -1.24. The summed E-state index contributed by atoms with van der Waals surface area (Å²) >= 11 is 0. The van der Waals surface area contributed by atoms with Gasteiger partial charge in [-0.25, -0.2) is 0 Å². The van der Waals surface area contributed by atoms with E-state index in [9.17, 15) is 28.1 Å². The summed E-state index contributed by atoms with van der Waals surface area (Å²) < 4.78 is 45.7. The van der Waals surface area contributed by atoms with Crippen molar-refractivity contribution in [3.63, 3.8) is 0 Å². The zero-order valence-corrected chi connectivity index (χ0v) is 20.2. The Kier molecular flexibility index (Phi) is 6.98. The SMILES string of the molecule is O=C(COC1CCC(Nc2ccc([N+](=O)[O-])c(C(F)(F)F)c2)CC1)N1CC2CC1CN2c1ccccc1. The molecule has 2 aromatic rings. The lowest BCUT2D eigenvalue weighted by molar-refractivity contribution is -0.388. The number of nitrogens with one attached hydrogen (secondary N) is 1. The molecule has 0 spiro atoms. The molecule has 1 N–H and O–H groups in total. The number of nitro groups is 1. The van der Waals surface area contributed by atoms with Gasteiger partial charge in [-0.3, -0.25) is 14.9 Å². The van der Waals surface area contributed by atoms with Crippen molar-refractivity contribution in [2.75, 3.05) is 29.9 Å². The molecule has 0 radical (unpaired) electrons. The topological polar surface area (TPSA) is 87.9 Å². The largest absolute Gasteiger partial charge is 0.423 e. The van der Waals surface area contributed by atoms with Crippen LogP contribution in [0.3, 0.4) is 0 Å².